The van der Waals surface area contributed by atoms with Crippen LogP contribution in [0.4, 0.5) is 0 Å². The number of aliphatic hydroxyl groups excluding tert-OH is 1. The van der Waals surface area contributed by atoms with Gasteiger partial charge in [-0.2, -0.15) is 0 Å². The molecule has 0 bridgehead atoms. The number of allylic oxidation sites excluding steroid dienone is 2. The summed E-state index contributed by atoms with van der Waals surface area (Å²) in [5.74, 6) is 0. The van der Waals surface area contributed by atoms with Crippen molar-refractivity contribution in [1.82, 2.24) is 0 Å². The maximum Gasteiger partial charge on any atom is 0.0869 e. The van der Waals surface area contributed by atoms with Crippen molar-refractivity contribution in [2.75, 3.05) is 0 Å². The minimum Gasteiger partial charge on any atom is -0.515 e. The van der Waals surface area contributed by atoms with E-state index in [1.807, 2.05) is 30.3 Å². The molecule has 0 saturated heterocycles. The molecule has 0 atom stereocenters. The van der Waals surface area contributed by atoms with Crippen LogP contribution < -0.4 is 0 Å². The molecule has 0 fully saturated rings. The molecule has 0 amide bonds. The molecule has 1 N–H and O–H groups in total. The Morgan fingerprint density at radius 2 is 1.91 bits per heavy atom. The molecule has 0 heterocycles. The minimum atomic E-state index is 0.741. The summed E-state index contributed by atoms with van der Waals surface area (Å²) in [5, 5.41) is 8.75. The molecule has 0 radical (unpaired) electrons. The molecular formula is C10H10O. The summed E-state index contributed by atoms with van der Waals surface area (Å²) in [6, 6.07) is 9.61. The molecule has 1 nitrogen and oxygen atoms in total. The second-order valence-electron chi connectivity index (χ2n) is 2.15. The van der Waals surface area contributed by atoms with E-state index < -0.39 is 0 Å². The van der Waals surface area contributed by atoms with Crippen molar-refractivity contribution >= 4 is 5.57 Å². The lowest BCUT2D eigenvalue weighted by Gasteiger charge is -1.97. The van der Waals surface area contributed by atoms with E-state index in [0.29, 0.717) is 0 Å². The van der Waals surface area contributed by atoms with Gasteiger partial charge in [-0.1, -0.05) is 43.0 Å². The van der Waals surface area contributed by atoms with E-state index in [9.17, 15) is 0 Å². The van der Waals surface area contributed by atoms with Gasteiger partial charge in [0.25, 0.3) is 0 Å². The van der Waals surface area contributed by atoms with Crippen molar-refractivity contribution in [3.8, 4) is 0 Å². The monoisotopic (exact) mass is 146 g/mol. The molecule has 11 heavy (non-hydrogen) atoms. The fourth-order valence-corrected chi connectivity index (χ4v) is 0.876. The fraction of sp³-hybridized carbons (Fsp3) is 0. The molecule has 56 valence electrons. The molecule has 0 aliphatic heterocycles. The van der Waals surface area contributed by atoms with Crippen molar-refractivity contribution in [3.05, 3.63) is 54.8 Å². The zero-order valence-corrected chi connectivity index (χ0v) is 6.20. The summed E-state index contributed by atoms with van der Waals surface area (Å²) in [6.45, 7) is 3.58. The van der Waals surface area contributed by atoms with Crippen molar-refractivity contribution in [2.45, 2.75) is 0 Å². The highest BCUT2D eigenvalue weighted by atomic mass is 16.2. The van der Waals surface area contributed by atoms with Crippen LogP contribution in [-0.4, -0.2) is 5.11 Å². The summed E-state index contributed by atoms with van der Waals surface area (Å²) >= 11 is 0. The molecule has 0 aromatic heterocycles. The Morgan fingerprint density at radius 3 is 2.36 bits per heavy atom. The van der Waals surface area contributed by atoms with E-state index in [0.717, 1.165) is 17.4 Å². The highest BCUT2D eigenvalue weighted by Gasteiger charge is 1.93. The van der Waals surface area contributed by atoms with Gasteiger partial charge in [-0.05, 0) is 5.56 Å². The maximum absolute atomic E-state index is 8.75. The Morgan fingerprint density at radius 1 is 1.27 bits per heavy atom. The van der Waals surface area contributed by atoms with E-state index >= 15 is 0 Å². The van der Waals surface area contributed by atoms with Crippen LogP contribution in [0.15, 0.2) is 49.2 Å². The summed E-state index contributed by atoms with van der Waals surface area (Å²) < 4.78 is 0. The number of benzene rings is 1. The molecule has 0 aliphatic rings. The first-order valence-electron chi connectivity index (χ1n) is 3.40. The average molecular weight is 146 g/mol. The molecule has 0 aliphatic carbocycles. The summed E-state index contributed by atoms with van der Waals surface area (Å²) in [4.78, 5) is 0. The van der Waals surface area contributed by atoms with Crippen LogP contribution >= 0.6 is 0 Å². The van der Waals surface area contributed by atoms with E-state index in [1.54, 1.807) is 6.08 Å². The van der Waals surface area contributed by atoms with E-state index in [-0.39, 0.29) is 0 Å². The molecule has 0 spiro atoms. The maximum atomic E-state index is 8.75. The Kier molecular flexibility index (Phi) is 2.50. The third kappa shape index (κ3) is 1.71. The van der Waals surface area contributed by atoms with Crippen LogP contribution in [-0.2, 0) is 0 Å². The van der Waals surface area contributed by atoms with Gasteiger partial charge >= 0.3 is 0 Å². The van der Waals surface area contributed by atoms with E-state index in [1.165, 1.54) is 0 Å². The largest absolute Gasteiger partial charge is 0.515 e. The SMILES string of the molecule is C=C/C(=C\O)c1ccccc1. The Labute approximate surface area is 66.3 Å². The Balaban J connectivity index is 3.01. The predicted octanol–water partition coefficient (Wildman–Crippen LogP) is 2.77. The van der Waals surface area contributed by atoms with Crippen LogP contribution in [0, 0.1) is 0 Å². The van der Waals surface area contributed by atoms with Crippen LogP contribution in [0.3, 0.4) is 0 Å². The third-order valence-electron chi connectivity index (χ3n) is 1.47. The van der Waals surface area contributed by atoms with Crippen molar-refractivity contribution < 1.29 is 5.11 Å². The highest BCUT2D eigenvalue weighted by Crippen LogP contribution is 2.12. The van der Waals surface area contributed by atoms with Crippen LogP contribution in [0.5, 0.6) is 0 Å². The normalized spacial score (nSPS) is 11.1. The quantitative estimate of drug-likeness (QED) is 0.502. The zero-order chi connectivity index (χ0) is 8.10. The van der Waals surface area contributed by atoms with Crippen LogP contribution in [0.25, 0.3) is 5.57 Å². The molecule has 1 aromatic rings. The summed E-state index contributed by atoms with van der Waals surface area (Å²) in [5.41, 5.74) is 1.72. The van der Waals surface area contributed by atoms with Crippen molar-refractivity contribution in [3.63, 3.8) is 0 Å². The first-order chi connectivity index (χ1) is 5.38. The standard InChI is InChI=1S/C10H10O/c1-2-9(8-11)10-6-4-3-5-7-10/h2-8,11H,1H2/b9-8+. The minimum absolute atomic E-state index is 0.741. The molecule has 1 aromatic carbocycles. The topological polar surface area (TPSA) is 20.2 Å². The van der Waals surface area contributed by atoms with E-state index in [2.05, 4.69) is 6.58 Å². The third-order valence-corrected chi connectivity index (χ3v) is 1.47. The number of hydrogen-bond acceptors (Lipinski definition) is 1. The smallest absolute Gasteiger partial charge is 0.0869 e. The van der Waals surface area contributed by atoms with Gasteiger partial charge in [0.1, 0.15) is 0 Å². The van der Waals surface area contributed by atoms with Gasteiger partial charge in [-0.15, -0.1) is 0 Å². The zero-order valence-electron chi connectivity index (χ0n) is 6.20. The highest BCUT2D eigenvalue weighted by molar-refractivity contribution is 5.72. The first-order valence-corrected chi connectivity index (χ1v) is 3.40. The van der Waals surface area contributed by atoms with Gasteiger partial charge in [-0.3, -0.25) is 0 Å². The second-order valence-corrected chi connectivity index (χ2v) is 2.15. The molecule has 1 heteroatoms. The van der Waals surface area contributed by atoms with Gasteiger partial charge in [0, 0.05) is 5.57 Å². The van der Waals surface area contributed by atoms with Crippen LogP contribution in [0.2, 0.25) is 0 Å². The fourth-order valence-electron chi connectivity index (χ4n) is 0.876. The van der Waals surface area contributed by atoms with Gasteiger partial charge in [0.05, 0.1) is 6.26 Å². The number of aliphatic hydroxyl groups is 1. The first kappa shape index (κ1) is 7.61. The lowest BCUT2D eigenvalue weighted by atomic mass is 10.1. The van der Waals surface area contributed by atoms with Gasteiger partial charge in [0.15, 0.2) is 0 Å². The Hall–Kier alpha value is -1.50. The molecule has 0 unspecified atom stereocenters. The second kappa shape index (κ2) is 3.62. The Bertz CT molecular complexity index is 259. The van der Waals surface area contributed by atoms with E-state index in [4.69, 9.17) is 5.11 Å². The molecule has 1 rings (SSSR count). The van der Waals surface area contributed by atoms with Gasteiger partial charge < -0.3 is 5.11 Å². The number of hydrogen-bond donors (Lipinski definition) is 1. The summed E-state index contributed by atoms with van der Waals surface area (Å²) in [7, 11) is 0. The number of rotatable bonds is 2. The lowest BCUT2D eigenvalue weighted by Crippen LogP contribution is -1.77. The molecular weight excluding hydrogens is 136 g/mol. The predicted molar refractivity (Wildman–Crippen MR) is 47.2 cm³/mol. The summed E-state index contributed by atoms with van der Waals surface area (Å²) in [6.07, 6.45) is 2.68. The van der Waals surface area contributed by atoms with Crippen LogP contribution in [0.1, 0.15) is 5.56 Å². The van der Waals surface area contributed by atoms with Gasteiger partial charge in [-0.25, -0.2) is 0 Å². The van der Waals surface area contributed by atoms with Crippen molar-refractivity contribution in [1.29, 1.82) is 0 Å². The lowest BCUT2D eigenvalue weighted by molar-refractivity contribution is 0.476. The molecule has 0 saturated carbocycles. The van der Waals surface area contributed by atoms with Gasteiger partial charge in [0.2, 0.25) is 0 Å². The average Bonchev–Trinajstić information content (AvgIpc) is 2.09. The van der Waals surface area contributed by atoms with Crippen molar-refractivity contribution in [2.24, 2.45) is 0 Å².